The normalized spacial score (nSPS) is 11.1. The average molecular weight is 376 g/mol. The van der Waals surface area contributed by atoms with Crippen molar-refractivity contribution in [3.05, 3.63) is 53.6 Å². The molecule has 1 amide bonds. The molecule has 2 aromatic carbocycles. The van der Waals surface area contributed by atoms with E-state index in [2.05, 4.69) is 5.32 Å². The topological polar surface area (TPSA) is 75.7 Å². The van der Waals surface area contributed by atoms with Gasteiger partial charge < -0.3 is 10.1 Å². The number of amides is 1. The van der Waals surface area contributed by atoms with Gasteiger partial charge in [0.05, 0.1) is 19.1 Å². The monoisotopic (exact) mass is 376 g/mol. The minimum atomic E-state index is -3.51. The number of nitrogens with one attached hydrogen (secondary N) is 1. The van der Waals surface area contributed by atoms with Crippen LogP contribution in [0.4, 0.5) is 11.4 Å². The number of carbonyl (C=O) groups is 1. The Bertz CT molecular complexity index is 877. The fourth-order valence-electron chi connectivity index (χ4n) is 2.60. The number of aryl methyl sites for hydroxylation is 2. The van der Waals surface area contributed by atoms with Crippen molar-refractivity contribution in [2.24, 2.45) is 0 Å². The van der Waals surface area contributed by atoms with Gasteiger partial charge in [0.2, 0.25) is 15.9 Å². The van der Waals surface area contributed by atoms with Crippen molar-refractivity contribution < 1.29 is 17.9 Å². The lowest BCUT2D eigenvalue weighted by molar-refractivity contribution is -0.116. The summed E-state index contributed by atoms with van der Waals surface area (Å²) in [5, 5.41) is 2.83. The zero-order valence-corrected chi connectivity index (χ0v) is 16.3. The van der Waals surface area contributed by atoms with Crippen LogP contribution in [-0.4, -0.2) is 34.2 Å². The minimum absolute atomic E-state index is 0.0480. The Morgan fingerprint density at radius 3 is 2.31 bits per heavy atom. The van der Waals surface area contributed by atoms with Gasteiger partial charge in [-0.1, -0.05) is 17.7 Å². The zero-order valence-electron chi connectivity index (χ0n) is 15.4. The van der Waals surface area contributed by atoms with Crippen LogP contribution in [-0.2, 0) is 14.8 Å². The van der Waals surface area contributed by atoms with E-state index < -0.39 is 10.0 Å². The Morgan fingerprint density at radius 2 is 1.77 bits per heavy atom. The van der Waals surface area contributed by atoms with E-state index in [1.165, 1.54) is 4.31 Å². The quantitative estimate of drug-likeness (QED) is 0.806. The van der Waals surface area contributed by atoms with E-state index in [-0.39, 0.29) is 18.9 Å². The van der Waals surface area contributed by atoms with E-state index in [4.69, 9.17) is 4.74 Å². The molecule has 0 unspecified atom stereocenters. The molecule has 0 spiro atoms. The molecule has 6 nitrogen and oxygen atoms in total. The molecule has 0 aliphatic rings. The molecule has 0 atom stereocenters. The summed E-state index contributed by atoms with van der Waals surface area (Å²) in [7, 11) is -1.96. The van der Waals surface area contributed by atoms with E-state index in [0.717, 1.165) is 23.1 Å². The molecule has 7 heteroatoms. The van der Waals surface area contributed by atoms with Crippen LogP contribution >= 0.6 is 0 Å². The highest BCUT2D eigenvalue weighted by Gasteiger charge is 2.19. The van der Waals surface area contributed by atoms with Crippen molar-refractivity contribution in [1.29, 1.82) is 0 Å². The second-order valence-electron chi connectivity index (χ2n) is 6.15. The molecule has 26 heavy (non-hydrogen) atoms. The number of benzene rings is 2. The summed E-state index contributed by atoms with van der Waals surface area (Å²) in [6.07, 6.45) is 1.17. The highest BCUT2D eigenvalue weighted by Crippen LogP contribution is 2.22. The van der Waals surface area contributed by atoms with Gasteiger partial charge in [-0.3, -0.25) is 9.10 Å². The first-order valence-corrected chi connectivity index (χ1v) is 10.0. The average Bonchev–Trinajstić information content (AvgIpc) is 2.57. The number of rotatable bonds is 7. The van der Waals surface area contributed by atoms with Gasteiger partial charge in [0.15, 0.2) is 0 Å². The summed E-state index contributed by atoms with van der Waals surface area (Å²) in [5.41, 5.74) is 3.31. The molecule has 0 radical (unpaired) electrons. The molecular weight excluding hydrogens is 352 g/mol. The van der Waals surface area contributed by atoms with Crippen molar-refractivity contribution in [1.82, 2.24) is 0 Å². The lowest BCUT2D eigenvalue weighted by Crippen LogP contribution is -2.33. The van der Waals surface area contributed by atoms with Gasteiger partial charge in [0, 0.05) is 18.7 Å². The van der Waals surface area contributed by atoms with Crippen LogP contribution in [0, 0.1) is 13.8 Å². The fourth-order valence-corrected chi connectivity index (χ4v) is 3.53. The van der Waals surface area contributed by atoms with E-state index in [9.17, 15) is 13.2 Å². The highest BCUT2D eigenvalue weighted by molar-refractivity contribution is 7.92. The van der Waals surface area contributed by atoms with E-state index in [0.29, 0.717) is 11.4 Å². The van der Waals surface area contributed by atoms with E-state index in [1.807, 2.05) is 32.0 Å². The standard InChI is InChI=1S/C19H24N2O4S/c1-14-5-10-18(15(2)13-14)20-19(22)11-12-21(26(4,23)24)16-6-8-17(25-3)9-7-16/h5-10,13H,11-12H2,1-4H3,(H,20,22). The summed E-state index contributed by atoms with van der Waals surface area (Å²) in [5.74, 6) is 0.397. The predicted octanol–water partition coefficient (Wildman–Crippen LogP) is 3.11. The van der Waals surface area contributed by atoms with Crippen molar-refractivity contribution in [2.45, 2.75) is 20.3 Å². The van der Waals surface area contributed by atoms with Crippen LogP contribution in [0.2, 0.25) is 0 Å². The Hall–Kier alpha value is -2.54. The third kappa shape index (κ3) is 5.23. The molecule has 0 saturated heterocycles. The molecule has 2 aromatic rings. The summed E-state index contributed by atoms with van der Waals surface area (Å²) in [6, 6.07) is 12.4. The minimum Gasteiger partial charge on any atom is -0.497 e. The molecule has 1 N–H and O–H groups in total. The van der Waals surface area contributed by atoms with Gasteiger partial charge in [0.1, 0.15) is 5.75 Å². The van der Waals surface area contributed by atoms with Crippen molar-refractivity contribution in [2.75, 3.05) is 29.5 Å². The molecule has 2 rings (SSSR count). The maximum Gasteiger partial charge on any atom is 0.232 e. The lowest BCUT2D eigenvalue weighted by atomic mass is 10.1. The lowest BCUT2D eigenvalue weighted by Gasteiger charge is -2.22. The molecule has 0 fully saturated rings. The second kappa shape index (κ2) is 8.23. The van der Waals surface area contributed by atoms with Gasteiger partial charge in [-0.15, -0.1) is 0 Å². The summed E-state index contributed by atoms with van der Waals surface area (Å²) in [4.78, 5) is 12.3. The molecule has 140 valence electrons. The number of methoxy groups -OCH3 is 1. The Morgan fingerprint density at radius 1 is 1.12 bits per heavy atom. The number of nitrogens with zero attached hydrogens (tertiary/aromatic N) is 1. The molecule has 0 aliphatic carbocycles. The molecule has 0 aliphatic heterocycles. The first-order chi connectivity index (χ1) is 12.2. The van der Waals surface area contributed by atoms with Crippen LogP contribution in [0.3, 0.4) is 0 Å². The zero-order chi connectivity index (χ0) is 19.3. The van der Waals surface area contributed by atoms with Gasteiger partial charge in [0.25, 0.3) is 0 Å². The number of anilines is 2. The number of sulfonamides is 1. The highest BCUT2D eigenvalue weighted by atomic mass is 32.2. The van der Waals surface area contributed by atoms with E-state index in [1.54, 1.807) is 31.4 Å². The number of ether oxygens (including phenoxy) is 1. The number of hydrogen-bond donors (Lipinski definition) is 1. The molecule has 0 bridgehead atoms. The number of hydrogen-bond acceptors (Lipinski definition) is 4. The second-order valence-corrected chi connectivity index (χ2v) is 8.06. The Labute approximate surface area is 154 Å². The van der Waals surface area contributed by atoms with Crippen LogP contribution in [0.15, 0.2) is 42.5 Å². The third-order valence-electron chi connectivity index (χ3n) is 3.96. The van der Waals surface area contributed by atoms with Gasteiger partial charge in [-0.2, -0.15) is 0 Å². The summed E-state index contributed by atoms with van der Waals surface area (Å²) in [6.45, 7) is 3.96. The fraction of sp³-hybridized carbons (Fsp3) is 0.316. The van der Waals surface area contributed by atoms with Gasteiger partial charge in [-0.05, 0) is 49.7 Å². The maximum absolute atomic E-state index is 12.3. The smallest absolute Gasteiger partial charge is 0.232 e. The molecule has 0 saturated carbocycles. The Kier molecular flexibility index (Phi) is 6.26. The van der Waals surface area contributed by atoms with E-state index >= 15 is 0 Å². The van der Waals surface area contributed by atoms with Crippen molar-refractivity contribution >= 4 is 27.3 Å². The summed E-state index contributed by atoms with van der Waals surface area (Å²) < 4.78 is 30.5. The third-order valence-corrected chi connectivity index (χ3v) is 5.15. The number of carbonyl (C=O) groups excluding carboxylic acids is 1. The first-order valence-electron chi connectivity index (χ1n) is 8.19. The van der Waals surface area contributed by atoms with Crippen LogP contribution in [0.25, 0.3) is 0 Å². The van der Waals surface area contributed by atoms with Crippen molar-refractivity contribution in [3.8, 4) is 5.75 Å². The Balaban J connectivity index is 2.08. The predicted molar refractivity (Wildman–Crippen MR) is 104 cm³/mol. The molecule has 0 heterocycles. The van der Waals surface area contributed by atoms with Gasteiger partial charge in [-0.25, -0.2) is 8.42 Å². The van der Waals surface area contributed by atoms with Crippen LogP contribution in [0.1, 0.15) is 17.5 Å². The van der Waals surface area contributed by atoms with Gasteiger partial charge >= 0.3 is 0 Å². The SMILES string of the molecule is COc1ccc(N(CCC(=O)Nc2ccc(C)cc2C)S(C)(=O)=O)cc1. The van der Waals surface area contributed by atoms with Crippen LogP contribution < -0.4 is 14.4 Å². The first kappa shape index (κ1) is 19.8. The molecule has 0 aromatic heterocycles. The largest absolute Gasteiger partial charge is 0.497 e. The summed E-state index contributed by atoms with van der Waals surface area (Å²) >= 11 is 0. The van der Waals surface area contributed by atoms with Crippen LogP contribution in [0.5, 0.6) is 5.75 Å². The van der Waals surface area contributed by atoms with Crippen molar-refractivity contribution in [3.63, 3.8) is 0 Å². The molecular formula is C19H24N2O4S. The maximum atomic E-state index is 12.3.